The van der Waals surface area contributed by atoms with Gasteiger partial charge >= 0.3 is 6.18 Å². The molecule has 0 heterocycles. The van der Waals surface area contributed by atoms with Crippen molar-refractivity contribution < 1.29 is 35.1 Å². The summed E-state index contributed by atoms with van der Waals surface area (Å²) in [6, 6.07) is 17.9. The average molecular weight is 532 g/mol. The van der Waals surface area contributed by atoms with E-state index in [9.17, 15) is 35.1 Å². The molecule has 0 aliphatic heterocycles. The molecule has 0 fully saturated rings. The van der Waals surface area contributed by atoms with Crippen molar-refractivity contribution in [3.63, 3.8) is 0 Å². The number of halogens is 8. The third-order valence-corrected chi connectivity index (χ3v) is 6.00. The molecule has 0 atom stereocenters. The highest BCUT2D eigenvalue weighted by molar-refractivity contribution is 5.74. The maximum Gasteiger partial charge on any atom is 0.422 e. The van der Waals surface area contributed by atoms with E-state index in [2.05, 4.69) is 0 Å². The second kappa shape index (κ2) is 10.8. The minimum Gasteiger partial charge on any atom is -0.209 e. The normalized spacial score (nSPS) is 12.4. The fraction of sp³-hybridized carbons (Fsp3) is 0.133. The fourth-order valence-corrected chi connectivity index (χ4v) is 4.08. The molecule has 0 radical (unpaired) electrons. The van der Waals surface area contributed by atoms with Gasteiger partial charge in [0, 0.05) is 17.5 Å². The molecule has 4 rings (SSSR count). The van der Waals surface area contributed by atoms with Crippen LogP contribution in [-0.2, 0) is 6.18 Å². The average Bonchev–Trinajstić information content (AvgIpc) is 2.87. The largest absolute Gasteiger partial charge is 0.422 e. The molecular formula is C30H20F8. The zero-order chi connectivity index (χ0) is 27.6. The Labute approximate surface area is 213 Å². The van der Waals surface area contributed by atoms with E-state index in [-0.39, 0.29) is 23.1 Å². The van der Waals surface area contributed by atoms with E-state index < -0.39 is 40.8 Å². The van der Waals surface area contributed by atoms with Crippen LogP contribution < -0.4 is 0 Å². The van der Waals surface area contributed by atoms with Crippen molar-refractivity contribution in [1.29, 1.82) is 0 Å². The van der Waals surface area contributed by atoms with Crippen LogP contribution in [-0.4, -0.2) is 0 Å². The van der Waals surface area contributed by atoms with Crippen LogP contribution >= 0.6 is 0 Å². The van der Waals surface area contributed by atoms with E-state index in [4.69, 9.17) is 0 Å². The summed E-state index contributed by atoms with van der Waals surface area (Å²) in [5, 5.41) is 0. The molecule has 0 aliphatic rings. The molecule has 0 aromatic heterocycles. The fourth-order valence-electron chi connectivity index (χ4n) is 4.08. The summed E-state index contributed by atoms with van der Waals surface area (Å²) in [5.74, 6) is -6.21. The Kier molecular flexibility index (Phi) is 7.71. The smallest absolute Gasteiger partial charge is 0.209 e. The quantitative estimate of drug-likeness (QED) is 0.217. The van der Waals surface area contributed by atoms with Gasteiger partial charge < -0.3 is 0 Å². The summed E-state index contributed by atoms with van der Waals surface area (Å²) >= 11 is 0. The number of rotatable bonds is 6. The third kappa shape index (κ3) is 5.64. The molecule has 0 saturated heterocycles. The molecule has 0 N–H and O–H groups in total. The summed E-state index contributed by atoms with van der Waals surface area (Å²) in [6.07, 6.45) is -4.71. The van der Waals surface area contributed by atoms with Gasteiger partial charge in [-0.1, -0.05) is 67.6 Å². The first-order valence-electron chi connectivity index (χ1n) is 11.6. The SMILES string of the molecule is CCC/C(F)=C(\F)c1ccc(-c2ccc(-c3ccc(-c4cc(F)c(C(F)(F)F)c(F)c4)c(F)c3)cc2)cc1. The highest BCUT2D eigenvalue weighted by atomic mass is 19.4. The summed E-state index contributed by atoms with van der Waals surface area (Å²) in [7, 11) is 0. The zero-order valence-electron chi connectivity index (χ0n) is 19.9. The minimum atomic E-state index is -5.22. The molecule has 38 heavy (non-hydrogen) atoms. The van der Waals surface area contributed by atoms with Gasteiger partial charge in [-0.2, -0.15) is 13.2 Å². The molecule has 4 aromatic carbocycles. The van der Waals surface area contributed by atoms with Crippen LogP contribution in [0.5, 0.6) is 0 Å². The van der Waals surface area contributed by atoms with E-state index in [0.29, 0.717) is 29.7 Å². The van der Waals surface area contributed by atoms with Crippen LogP contribution in [0.2, 0.25) is 0 Å². The molecule has 196 valence electrons. The van der Waals surface area contributed by atoms with Crippen molar-refractivity contribution >= 4 is 5.83 Å². The van der Waals surface area contributed by atoms with Crippen LogP contribution in [0.4, 0.5) is 35.1 Å². The van der Waals surface area contributed by atoms with Crippen LogP contribution in [0.15, 0.2) is 84.7 Å². The summed E-state index contributed by atoms with van der Waals surface area (Å²) in [6.45, 7) is 1.75. The van der Waals surface area contributed by atoms with Crippen molar-refractivity contribution in [3.8, 4) is 33.4 Å². The lowest BCUT2D eigenvalue weighted by atomic mass is 9.96. The van der Waals surface area contributed by atoms with Gasteiger partial charge in [-0.05, 0) is 52.4 Å². The lowest BCUT2D eigenvalue weighted by Gasteiger charge is -2.12. The Morgan fingerprint density at radius 3 is 1.53 bits per heavy atom. The van der Waals surface area contributed by atoms with E-state index in [1.165, 1.54) is 24.3 Å². The first-order chi connectivity index (χ1) is 18.0. The lowest BCUT2D eigenvalue weighted by Crippen LogP contribution is -2.11. The highest BCUT2D eigenvalue weighted by Crippen LogP contribution is 2.37. The third-order valence-electron chi connectivity index (χ3n) is 6.00. The predicted molar refractivity (Wildman–Crippen MR) is 132 cm³/mol. The minimum absolute atomic E-state index is 0.0226. The lowest BCUT2D eigenvalue weighted by molar-refractivity contribution is -0.142. The first kappa shape index (κ1) is 27.1. The Morgan fingerprint density at radius 2 is 1.05 bits per heavy atom. The van der Waals surface area contributed by atoms with Gasteiger partial charge in [0.05, 0.1) is 0 Å². The van der Waals surface area contributed by atoms with E-state index in [0.717, 1.165) is 17.2 Å². The highest BCUT2D eigenvalue weighted by Gasteiger charge is 2.38. The molecular weight excluding hydrogens is 512 g/mol. The maximum atomic E-state index is 14.8. The van der Waals surface area contributed by atoms with E-state index in [1.54, 1.807) is 43.3 Å². The van der Waals surface area contributed by atoms with Gasteiger partial charge in [-0.3, -0.25) is 0 Å². The Hall–Kier alpha value is -3.94. The zero-order valence-corrected chi connectivity index (χ0v) is 19.9. The molecule has 0 saturated carbocycles. The predicted octanol–water partition coefficient (Wildman–Crippen LogP) is 10.5. The summed E-state index contributed by atoms with van der Waals surface area (Å²) in [5.41, 5.74) is 0.0440. The Bertz CT molecular complexity index is 1460. The molecule has 0 nitrogen and oxygen atoms in total. The molecule has 0 amide bonds. The Morgan fingerprint density at radius 1 is 0.605 bits per heavy atom. The molecule has 0 bridgehead atoms. The van der Waals surface area contributed by atoms with Crippen molar-refractivity contribution in [2.75, 3.05) is 0 Å². The monoisotopic (exact) mass is 532 g/mol. The summed E-state index contributed by atoms with van der Waals surface area (Å²) in [4.78, 5) is 0. The molecule has 0 unspecified atom stereocenters. The number of benzene rings is 4. The molecule has 8 heteroatoms. The van der Waals surface area contributed by atoms with Gasteiger partial charge in [0.15, 0.2) is 5.83 Å². The number of allylic oxidation sites excluding steroid dienone is 1. The van der Waals surface area contributed by atoms with Gasteiger partial charge in [-0.25, -0.2) is 22.0 Å². The summed E-state index contributed by atoms with van der Waals surface area (Å²) < 4.78 is 109. The van der Waals surface area contributed by atoms with Crippen molar-refractivity contribution in [2.45, 2.75) is 25.9 Å². The van der Waals surface area contributed by atoms with Crippen molar-refractivity contribution in [2.24, 2.45) is 0 Å². The molecule has 0 aliphatic carbocycles. The standard InChI is InChI=1S/C30H20F8/c1-2-3-24(31)29(35)20-10-8-18(9-11-20)17-4-6-19(7-5-17)21-12-13-23(25(32)14-21)22-15-26(33)28(27(34)16-22)30(36,37)38/h4-16H,2-3H2,1H3/b29-24+. The topological polar surface area (TPSA) is 0 Å². The second-order valence-electron chi connectivity index (χ2n) is 8.63. The van der Waals surface area contributed by atoms with Gasteiger partial charge in [0.25, 0.3) is 0 Å². The number of hydrogen-bond donors (Lipinski definition) is 0. The van der Waals surface area contributed by atoms with Crippen LogP contribution in [0.25, 0.3) is 39.2 Å². The molecule has 4 aromatic rings. The number of hydrogen-bond acceptors (Lipinski definition) is 0. The van der Waals surface area contributed by atoms with Gasteiger partial charge in [-0.15, -0.1) is 0 Å². The first-order valence-corrected chi connectivity index (χ1v) is 11.6. The Balaban J connectivity index is 1.57. The second-order valence-corrected chi connectivity index (χ2v) is 8.63. The number of alkyl halides is 3. The maximum absolute atomic E-state index is 14.8. The molecule has 0 spiro atoms. The van der Waals surface area contributed by atoms with E-state index in [1.807, 2.05) is 0 Å². The van der Waals surface area contributed by atoms with Gasteiger partial charge in [0.2, 0.25) is 0 Å². The van der Waals surface area contributed by atoms with Crippen molar-refractivity contribution in [1.82, 2.24) is 0 Å². The van der Waals surface area contributed by atoms with Crippen LogP contribution in [0.3, 0.4) is 0 Å². The van der Waals surface area contributed by atoms with Crippen molar-refractivity contribution in [3.05, 3.63) is 113 Å². The van der Waals surface area contributed by atoms with Gasteiger partial charge in [0.1, 0.15) is 28.8 Å². The van der Waals surface area contributed by atoms with Crippen LogP contribution in [0, 0.1) is 17.5 Å². The van der Waals surface area contributed by atoms with E-state index >= 15 is 0 Å². The van der Waals surface area contributed by atoms with Crippen LogP contribution in [0.1, 0.15) is 30.9 Å².